The zero-order valence-electron chi connectivity index (χ0n) is 13.5. The number of benzene rings is 2. The van der Waals surface area contributed by atoms with Gasteiger partial charge in [-0.3, -0.25) is 5.14 Å². The summed E-state index contributed by atoms with van der Waals surface area (Å²) in [5.41, 5.74) is 2.97. The van der Waals surface area contributed by atoms with Gasteiger partial charge in [0.05, 0.1) is 12.6 Å². The highest BCUT2D eigenvalue weighted by Gasteiger charge is 2.10. The quantitative estimate of drug-likeness (QED) is 0.589. The van der Waals surface area contributed by atoms with E-state index in [1.54, 1.807) is 13.4 Å². The van der Waals surface area contributed by atoms with Gasteiger partial charge in [0.15, 0.2) is 0 Å². The molecule has 1 aromatic heterocycles. The van der Waals surface area contributed by atoms with Crippen molar-refractivity contribution in [3.63, 3.8) is 0 Å². The van der Waals surface area contributed by atoms with Gasteiger partial charge in [0.1, 0.15) is 17.9 Å². The van der Waals surface area contributed by atoms with Crippen molar-refractivity contribution in [1.82, 2.24) is 9.97 Å². The van der Waals surface area contributed by atoms with E-state index in [9.17, 15) is 0 Å². The Balaban J connectivity index is 1.83. The van der Waals surface area contributed by atoms with Crippen molar-refractivity contribution in [3.8, 4) is 5.75 Å². The summed E-state index contributed by atoms with van der Waals surface area (Å²) in [6, 6.07) is 14.0. The van der Waals surface area contributed by atoms with Crippen molar-refractivity contribution < 1.29 is 4.74 Å². The average Bonchev–Trinajstić information content (AvgIpc) is 2.62. The molecule has 0 fully saturated rings. The van der Waals surface area contributed by atoms with E-state index >= 15 is 0 Å². The third-order valence-corrected chi connectivity index (χ3v) is 4.14. The number of rotatable bonds is 6. The van der Waals surface area contributed by atoms with Gasteiger partial charge in [0.2, 0.25) is 0 Å². The Morgan fingerprint density at radius 3 is 2.62 bits per heavy atom. The third-order valence-electron chi connectivity index (χ3n) is 3.78. The van der Waals surface area contributed by atoms with Crippen LogP contribution in [0.2, 0.25) is 0 Å². The molecule has 0 aliphatic carbocycles. The number of hydrogen-bond donors (Lipinski definition) is 3. The lowest BCUT2D eigenvalue weighted by Crippen LogP contribution is -2.08. The molecule has 0 bridgehead atoms. The van der Waals surface area contributed by atoms with E-state index in [0.29, 0.717) is 0 Å². The van der Waals surface area contributed by atoms with Gasteiger partial charge >= 0.3 is 0 Å². The average molecular weight is 341 g/mol. The maximum absolute atomic E-state index is 5.40. The molecule has 0 aliphatic heterocycles. The highest BCUT2D eigenvalue weighted by Crippen LogP contribution is 2.27. The van der Waals surface area contributed by atoms with Crippen molar-refractivity contribution >= 4 is 34.5 Å². The van der Waals surface area contributed by atoms with Crippen LogP contribution in [-0.2, 0) is 0 Å². The Labute approximate surface area is 145 Å². The first-order valence-electron chi connectivity index (χ1n) is 7.48. The molecule has 7 heteroatoms. The fraction of sp³-hybridized carbons (Fsp3) is 0.176. The molecule has 0 aliphatic rings. The van der Waals surface area contributed by atoms with Crippen LogP contribution in [0.25, 0.3) is 10.9 Å². The normalized spacial score (nSPS) is 12.0. The van der Waals surface area contributed by atoms with Crippen molar-refractivity contribution in [3.05, 3.63) is 54.4 Å². The summed E-state index contributed by atoms with van der Waals surface area (Å²) in [5, 5.41) is 9.81. The molecule has 1 unspecified atom stereocenters. The number of nitrogens with two attached hydrogens (primary N) is 1. The first kappa shape index (κ1) is 16.4. The minimum Gasteiger partial charge on any atom is -0.497 e. The van der Waals surface area contributed by atoms with Crippen LogP contribution in [0.1, 0.15) is 18.5 Å². The number of nitrogens with one attached hydrogen (secondary N) is 2. The third kappa shape index (κ3) is 3.52. The van der Waals surface area contributed by atoms with Gasteiger partial charge in [-0.2, -0.15) is 0 Å². The summed E-state index contributed by atoms with van der Waals surface area (Å²) >= 11 is 1.08. The van der Waals surface area contributed by atoms with Gasteiger partial charge in [-0.15, -0.1) is 0 Å². The zero-order chi connectivity index (χ0) is 16.9. The molecule has 0 spiro atoms. The second kappa shape index (κ2) is 7.37. The van der Waals surface area contributed by atoms with Gasteiger partial charge in [-0.25, -0.2) is 9.97 Å². The molecular weight excluding hydrogens is 322 g/mol. The lowest BCUT2D eigenvalue weighted by Gasteiger charge is -2.17. The molecule has 24 heavy (non-hydrogen) atoms. The highest BCUT2D eigenvalue weighted by molar-refractivity contribution is 7.98. The molecule has 0 amide bonds. The number of methoxy groups -OCH3 is 1. The molecule has 1 atom stereocenters. The number of hydrogen-bond acceptors (Lipinski definition) is 7. The summed E-state index contributed by atoms with van der Waals surface area (Å²) in [5.74, 6) is 1.58. The van der Waals surface area contributed by atoms with Crippen LogP contribution in [0.5, 0.6) is 5.75 Å². The van der Waals surface area contributed by atoms with Crippen LogP contribution in [0, 0.1) is 0 Å². The molecule has 1 heterocycles. The van der Waals surface area contributed by atoms with Crippen LogP contribution in [-0.4, -0.2) is 17.1 Å². The van der Waals surface area contributed by atoms with Gasteiger partial charge in [0, 0.05) is 35.3 Å². The first-order chi connectivity index (χ1) is 11.7. The SMILES string of the molecule is COc1ccc2c(NC(C)c3ccc(NSN)cc3)ncnc2c1. The summed E-state index contributed by atoms with van der Waals surface area (Å²) < 4.78 is 8.25. The molecule has 0 radical (unpaired) electrons. The van der Waals surface area contributed by atoms with E-state index < -0.39 is 0 Å². The largest absolute Gasteiger partial charge is 0.497 e. The molecule has 0 saturated heterocycles. The van der Waals surface area contributed by atoms with E-state index in [1.807, 2.05) is 30.3 Å². The van der Waals surface area contributed by atoms with Crippen molar-refractivity contribution in [2.75, 3.05) is 17.1 Å². The lowest BCUT2D eigenvalue weighted by molar-refractivity contribution is 0.415. The lowest BCUT2D eigenvalue weighted by atomic mass is 10.1. The highest BCUT2D eigenvalue weighted by atomic mass is 32.2. The van der Waals surface area contributed by atoms with E-state index in [1.165, 1.54) is 0 Å². The second-order valence-corrected chi connectivity index (χ2v) is 5.75. The summed E-state index contributed by atoms with van der Waals surface area (Å²) in [4.78, 5) is 8.69. The molecule has 3 aromatic rings. The molecule has 0 saturated carbocycles. The predicted octanol–water partition coefficient (Wildman–Crippen LogP) is 3.75. The fourth-order valence-electron chi connectivity index (χ4n) is 2.48. The van der Waals surface area contributed by atoms with E-state index in [-0.39, 0.29) is 6.04 Å². The smallest absolute Gasteiger partial charge is 0.137 e. The van der Waals surface area contributed by atoms with Gasteiger partial charge < -0.3 is 14.8 Å². The summed E-state index contributed by atoms with van der Waals surface area (Å²) in [6.07, 6.45) is 1.56. The van der Waals surface area contributed by atoms with Crippen molar-refractivity contribution in [2.45, 2.75) is 13.0 Å². The summed E-state index contributed by atoms with van der Waals surface area (Å²) in [7, 11) is 1.64. The molecular formula is C17H19N5OS. The summed E-state index contributed by atoms with van der Waals surface area (Å²) in [6.45, 7) is 2.09. The topological polar surface area (TPSA) is 85.1 Å². The molecule has 4 N–H and O–H groups in total. The Bertz CT molecular complexity index is 825. The monoisotopic (exact) mass is 341 g/mol. The van der Waals surface area contributed by atoms with E-state index in [4.69, 9.17) is 9.88 Å². The van der Waals surface area contributed by atoms with Crippen LogP contribution in [0.3, 0.4) is 0 Å². The number of nitrogens with zero attached hydrogens (tertiary/aromatic N) is 2. The Morgan fingerprint density at radius 1 is 1.12 bits per heavy atom. The minimum atomic E-state index is 0.102. The maximum atomic E-state index is 5.40. The van der Waals surface area contributed by atoms with Crippen LogP contribution in [0.15, 0.2) is 48.8 Å². The van der Waals surface area contributed by atoms with Crippen molar-refractivity contribution in [2.24, 2.45) is 5.14 Å². The Morgan fingerprint density at radius 2 is 1.92 bits per heavy atom. The predicted molar refractivity (Wildman–Crippen MR) is 100.0 cm³/mol. The van der Waals surface area contributed by atoms with Gasteiger partial charge in [-0.05, 0) is 36.8 Å². The molecule has 3 rings (SSSR count). The van der Waals surface area contributed by atoms with Crippen molar-refractivity contribution in [1.29, 1.82) is 0 Å². The molecule has 2 aromatic carbocycles. The second-order valence-electron chi connectivity index (χ2n) is 5.31. The fourth-order valence-corrected chi connectivity index (χ4v) is 2.75. The van der Waals surface area contributed by atoms with Crippen LogP contribution >= 0.6 is 12.1 Å². The van der Waals surface area contributed by atoms with Gasteiger partial charge in [0.25, 0.3) is 0 Å². The van der Waals surface area contributed by atoms with Crippen LogP contribution in [0.4, 0.5) is 11.5 Å². The minimum absolute atomic E-state index is 0.102. The van der Waals surface area contributed by atoms with Gasteiger partial charge in [-0.1, -0.05) is 12.1 Å². The number of fused-ring (bicyclic) bond motifs is 1. The Kier molecular flexibility index (Phi) is 5.02. The molecule has 124 valence electrons. The van der Waals surface area contributed by atoms with E-state index in [0.717, 1.165) is 45.9 Å². The van der Waals surface area contributed by atoms with E-state index in [2.05, 4.69) is 39.1 Å². The maximum Gasteiger partial charge on any atom is 0.137 e. The number of anilines is 2. The zero-order valence-corrected chi connectivity index (χ0v) is 14.3. The first-order valence-corrected chi connectivity index (χ1v) is 8.36. The Hall–Kier alpha value is -2.51. The molecule has 6 nitrogen and oxygen atoms in total. The number of aromatic nitrogens is 2. The standard InChI is InChI=1S/C17H19N5OS/c1-11(12-3-5-13(6-4-12)22-24-18)21-17-15-8-7-14(23-2)9-16(15)19-10-20-17/h3-11,22H,18H2,1-2H3,(H,19,20,21). The van der Waals surface area contributed by atoms with Crippen LogP contribution < -0.4 is 19.9 Å². The number of ether oxygens (including phenoxy) is 1.